The van der Waals surface area contributed by atoms with Crippen LogP contribution < -0.4 is 5.32 Å². The zero-order valence-corrected chi connectivity index (χ0v) is 6.78. The molecule has 2 heteroatoms. The molecule has 0 aromatic rings. The van der Waals surface area contributed by atoms with Crippen LogP contribution in [-0.4, -0.2) is 18.3 Å². The molecule has 0 aromatic heterocycles. The van der Waals surface area contributed by atoms with Crippen molar-refractivity contribution in [2.75, 3.05) is 6.54 Å². The number of halogens is 1. The van der Waals surface area contributed by atoms with Gasteiger partial charge in [-0.1, -0.05) is 6.42 Å². The standard InChI is InChI=1S/C8H16FN/c1-8(2,9)6-10-7-4-3-5-7/h7,10H,3-6H2,1-2H3. The van der Waals surface area contributed by atoms with Gasteiger partial charge in [-0.3, -0.25) is 0 Å². The maximum Gasteiger partial charge on any atom is 0.117 e. The second kappa shape index (κ2) is 2.87. The van der Waals surface area contributed by atoms with E-state index in [1.807, 2.05) is 0 Å². The first kappa shape index (κ1) is 7.99. The molecule has 0 spiro atoms. The average Bonchev–Trinajstić information content (AvgIpc) is 1.56. The summed E-state index contributed by atoms with van der Waals surface area (Å²) in [6.45, 7) is 3.72. The maximum atomic E-state index is 12.8. The van der Waals surface area contributed by atoms with Crippen molar-refractivity contribution in [3.8, 4) is 0 Å². The second-order valence-electron chi connectivity index (χ2n) is 3.73. The smallest absolute Gasteiger partial charge is 0.117 e. The van der Waals surface area contributed by atoms with Crippen LogP contribution in [0.25, 0.3) is 0 Å². The van der Waals surface area contributed by atoms with E-state index < -0.39 is 5.67 Å². The molecule has 0 heterocycles. The van der Waals surface area contributed by atoms with Crippen LogP contribution in [0.5, 0.6) is 0 Å². The zero-order chi connectivity index (χ0) is 7.61. The summed E-state index contributed by atoms with van der Waals surface area (Å²) in [6.07, 6.45) is 3.77. The number of alkyl halides is 1. The topological polar surface area (TPSA) is 12.0 Å². The first-order chi connectivity index (χ1) is 4.58. The fourth-order valence-electron chi connectivity index (χ4n) is 0.999. The summed E-state index contributed by atoms with van der Waals surface area (Å²) in [5.74, 6) is 0. The van der Waals surface area contributed by atoms with Crippen molar-refractivity contribution in [2.45, 2.75) is 44.8 Å². The Morgan fingerprint density at radius 2 is 2.10 bits per heavy atom. The minimum Gasteiger partial charge on any atom is -0.311 e. The predicted molar refractivity (Wildman–Crippen MR) is 40.8 cm³/mol. The van der Waals surface area contributed by atoms with Crippen molar-refractivity contribution in [3.05, 3.63) is 0 Å². The number of rotatable bonds is 3. The predicted octanol–water partition coefficient (Wildman–Crippen LogP) is 1.88. The van der Waals surface area contributed by atoms with Gasteiger partial charge in [0.15, 0.2) is 0 Å². The summed E-state index contributed by atoms with van der Waals surface area (Å²) in [4.78, 5) is 0. The van der Waals surface area contributed by atoms with Crippen molar-refractivity contribution in [1.29, 1.82) is 0 Å². The molecular weight excluding hydrogens is 129 g/mol. The molecule has 1 saturated carbocycles. The summed E-state index contributed by atoms with van der Waals surface area (Å²) < 4.78 is 12.8. The Morgan fingerprint density at radius 1 is 1.50 bits per heavy atom. The summed E-state index contributed by atoms with van der Waals surface area (Å²) in [5, 5.41) is 3.18. The van der Waals surface area contributed by atoms with Gasteiger partial charge in [-0.15, -0.1) is 0 Å². The third kappa shape index (κ3) is 2.65. The van der Waals surface area contributed by atoms with Crippen molar-refractivity contribution >= 4 is 0 Å². The van der Waals surface area contributed by atoms with Crippen LogP contribution in [0, 0.1) is 0 Å². The normalized spacial score (nSPS) is 20.7. The highest BCUT2D eigenvalue weighted by Gasteiger charge is 2.21. The van der Waals surface area contributed by atoms with Gasteiger partial charge < -0.3 is 5.32 Å². The average molecular weight is 145 g/mol. The molecule has 0 unspecified atom stereocenters. The van der Waals surface area contributed by atoms with Gasteiger partial charge in [0.2, 0.25) is 0 Å². The number of nitrogens with one attached hydrogen (secondary N) is 1. The third-order valence-corrected chi connectivity index (χ3v) is 1.92. The molecule has 1 N–H and O–H groups in total. The van der Waals surface area contributed by atoms with Gasteiger partial charge in [0.1, 0.15) is 5.67 Å². The Kier molecular flexibility index (Phi) is 2.29. The van der Waals surface area contributed by atoms with Crippen LogP contribution in [0.4, 0.5) is 4.39 Å². The third-order valence-electron chi connectivity index (χ3n) is 1.92. The molecule has 0 amide bonds. The molecule has 0 aromatic carbocycles. The fourth-order valence-corrected chi connectivity index (χ4v) is 0.999. The molecule has 0 bridgehead atoms. The molecule has 10 heavy (non-hydrogen) atoms. The maximum absolute atomic E-state index is 12.8. The van der Waals surface area contributed by atoms with Crippen LogP contribution in [0.15, 0.2) is 0 Å². The molecule has 60 valence electrons. The van der Waals surface area contributed by atoms with E-state index in [9.17, 15) is 4.39 Å². The molecule has 1 aliphatic rings. The van der Waals surface area contributed by atoms with Gasteiger partial charge in [0.25, 0.3) is 0 Å². The lowest BCUT2D eigenvalue weighted by molar-refractivity contribution is 0.188. The highest BCUT2D eigenvalue weighted by atomic mass is 19.1. The number of hydrogen-bond donors (Lipinski definition) is 1. The van der Waals surface area contributed by atoms with E-state index in [2.05, 4.69) is 5.32 Å². The van der Waals surface area contributed by atoms with Gasteiger partial charge in [-0.2, -0.15) is 0 Å². The van der Waals surface area contributed by atoms with Crippen molar-refractivity contribution in [2.24, 2.45) is 0 Å². The second-order valence-corrected chi connectivity index (χ2v) is 3.73. The van der Waals surface area contributed by atoms with Gasteiger partial charge in [0.05, 0.1) is 0 Å². The Labute approximate surface area is 62.0 Å². The van der Waals surface area contributed by atoms with Crippen LogP contribution >= 0.6 is 0 Å². The molecule has 0 saturated heterocycles. The van der Waals surface area contributed by atoms with Crippen LogP contribution in [0.1, 0.15) is 33.1 Å². The Hall–Kier alpha value is -0.110. The van der Waals surface area contributed by atoms with Crippen molar-refractivity contribution in [3.63, 3.8) is 0 Å². The minimum absolute atomic E-state index is 0.498. The lowest BCUT2D eigenvalue weighted by Gasteiger charge is -2.28. The monoisotopic (exact) mass is 145 g/mol. The minimum atomic E-state index is -1.05. The molecular formula is C8H16FN. The van der Waals surface area contributed by atoms with E-state index >= 15 is 0 Å². The van der Waals surface area contributed by atoms with Crippen LogP contribution in [0.2, 0.25) is 0 Å². The fraction of sp³-hybridized carbons (Fsp3) is 1.00. The zero-order valence-electron chi connectivity index (χ0n) is 6.78. The molecule has 0 atom stereocenters. The van der Waals surface area contributed by atoms with Crippen molar-refractivity contribution < 1.29 is 4.39 Å². The largest absolute Gasteiger partial charge is 0.311 e. The Morgan fingerprint density at radius 3 is 2.40 bits per heavy atom. The molecule has 1 aliphatic carbocycles. The highest BCUT2D eigenvalue weighted by molar-refractivity contribution is 4.80. The van der Waals surface area contributed by atoms with E-state index in [0.717, 1.165) is 0 Å². The first-order valence-electron chi connectivity index (χ1n) is 4.00. The van der Waals surface area contributed by atoms with E-state index in [1.165, 1.54) is 19.3 Å². The Bertz CT molecular complexity index is 102. The van der Waals surface area contributed by atoms with E-state index in [1.54, 1.807) is 13.8 Å². The summed E-state index contributed by atoms with van der Waals surface area (Å²) >= 11 is 0. The SMILES string of the molecule is CC(C)(F)CNC1CCC1. The molecule has 1 nitrogen and oxygen atoms in total. The van der Waals surface area contributed by atoms with Crippen molar-refractivity contribution in [1.82, 2.24) is 5.32 Å². The van der Waals surface area contributed by atoms with E-state index in [-0.39, 0.29) is 0 Å². The lowest BCUT2D eigenvalue weighted by Crippen LogP contribution is -2.41. The summed E-state index contributed by atoms with van der Waals surface area (Å²) in [7, 11) is 0. The Balaban J connectivity index is 2.04. The summed E-state index contributed by atoms with van der Waals surface area (Å²) in [5.41, 5.74) is -1.05. The van der Waals surface area contributed by atoms with E-state index in [0.29, 0.717) is 12.6 Å². The quantitative estimate of drug-likeness (QED) is 0.639. The van der Waals surface area contributed by atoms with Gasteiger partial charge in [-0.05, 0) is 26.7 Å². The van der Waals surface area contributed by atoms with Crippen LogP contribution in [-0.2, 0) is 0 Å². The number of hydrogen-bond acceptors (Lipinski definition) is 1. The molecule has 0 aliphatic heterocycles. The molecule has 0 radical (unpaired) electrons. The van der Waals surface area contributed by atoms with E-state index in [4.69, 9.17) is 0 Å². The molecule has 1 fully saturated rings. The highest BCUT2D eigenvalue weighted by Crippen LogP contribution is 2.19. The van der Waals surface area contributed by atoms with Gasteiger partial charge in [0, 0.05) is 12.6 Å². The lowest BCUT2D eigenvalue weighted by atomic mass is 9.93. The molecule has 1 rings (SSSR count). The summed E-state index contributed by atoms with van der Waals surface area (Å²) in [6, 6.07) is 0.607. The van der Waals surface area contributed by atoms with Crippen LogP contribution in [0.3, 0.4) is 0 Å². The first-order valence-corrected chi connectivity index (χ1v) is 4.00. The van der Waals surface area contributed by atoms with Gasteiger partial charge in [-0.25, -0.2) is 4.39 Å². The van der Waals surface area contributed by atoms with Gasteiger partial charge >= 0.3 is 0 Å².